The lowest BCUT2D eigenvalue weighted by Crippen LogP contribution is -2.43. The normalized spacial score (nSPS) is 10.3. The summed E-state index contributed by atoms with van der Waals surface area (Å²) in [7, 11) is 0. The highest BCUT2D eigenvalue weighted by molar-refractivity contribution is 6.31. The Balaban J connectivity index is 0.000000726. The Bertz CT molecular complexity index is 2630. The molecule has 4 aromatic carbocycles. The number of guanidine groups is 8. The molecule has 0 aliphatic rings. The number of benzene rings is 4. The van der Waals surface area contributed by atoms with Gasteiger partial charge in [0.1, 0.15) is 0 Å². The summed E-state index contributed by atoms with van der Waals surface area (Å²) in [5, 5.41) is 116. The Morgan fingerprint density at radius 3 is 0.596 bits per heavy atom. The number of carboxylic acid groups (broad SMARTS) is 2. The second kappa shape index (κ2) is 64.5. The maximum Gasteiger partial charge on any atom is 0.303 e. The topological polar surface area (TPSA) is 410 Å². The molecule has 580 valence electrons. The zero-order chi connectivity index (χ0) is 76.5. The van der Waals surface area contributed by atoms with Crippen LogP contribution in [0.4, 0.5) is 22.7 Å². The number of hydrogen-bond donors (Lipinski definition) is 22. The van der Waals surface area contributed by atoms with Gasteiger partial charge < -0.3 is 52.7 Å². The number of rotatable bonds is 46. The number of nitrogens with one attached hydrogen (secondary N) is 20. The van der Waals surface area contributed by atoms with Crippen LogP contribution in [0, 0.1) is 43.3 Å². The van der Waals surface area contributed by atoms with Crippen LogP contribution >= 0.6 is 46.4 Å². The van der Waals surface area contributed by atoms with Crippen LogP contribution in [0.2, 0.25) is 20.1 Å². The molecular formula is C76H124Cl4N20O4. The van der Waals surface area contributed by atoms with Gasteiger partial charge in [0.15, 0.2) is 47.7 Å². The Kier molecular flexibility index (Phi) is 58.3. The summed E-state index contributed by atoms with van der Waals surface area (Å²) in [5.41, 5.74) is 2.84. The third kappa shape index (κ3) is 60.4. The van der Waals surface area contributed by atoms with Crippen LogP contribution in [-0.2, 0) is 9.59 Å². The molecule has 0 radical (unpaired) electrons. The van der Waals surface area contributed by atoms with Crippen LogP contribution in [-0.4, -0.2) is 96.0 Å². The molecule has 0 aliphatic heterocycles. The van der Waals surface area contributed by atoms with Gasteiger partial charge in [-0.15, -0.1) is 0 Å². The summed E-state index contributed by atoms with van der Waals surface area (Å²) >= 11 is 23.3. The first-order chi connectivity index (χ1) is 50.2. The Morgan fingerprint density at radius 1 is 0.260 bits per heavy atom. The molecule has 0 atom stereocenters. The number of aliphatic carboxylic acids is 2. The Hall–Kier alpha value is -8.06. The minimum atomic E-state index is -0.655. The average Bonchev–Trinajstić information content (AvgIpc) is 0.946. The molecule has 24 nitrogen and oxygen atoms in total. The maximum absolute atomic E-state index is 10.3. The summed E-state index contributed by atoms with van der Waals surface area (Å²) in [5.74, 6) is -1.08. The van der Waals surface area contributed by atoms with Crippen molar-refractivity contribution in [2.24, 2.45) is 0 Å². The zero-order valence-corrected chi connectivity index (χ0v) is 64.8. The molecule has 4 rings (SSSR count). The van der Waals surface area contributed by atoms with Crippen LogP contribution in [0.25, 0.3) is 0 Å². The minimum absolute atomic E-state index is 0.00148. The van der Waals surface area contributed by atoms with E-state index in [0.717, 1.165) is 77.0 Å². The van der Waals surface area contributed by atoms with Crippen molar-refractivity contribution >= 4 is 129 Å². The van der Waals surface area contributed by atoms with E-state index in [0.29, 0.717) is 81.9 Å². The van der Waals surface area contributed by atoms with Gasteiger partial charge in [0.05, 0.1) is 0 Å². The van der Waals surface area contributed by atoms with E-state index < -0.39 is 11.9 Å². The summed E-state index contributed by atoms with van der Waals surface area (Å²) in [6.45, 7) is 7.01. The molecule has 22 N–H and O–H groups in total. The molecule has 0 saturated carbocycles. The lowest BCUT2D eigenvalue weighted by molar-refractivity contribution is -0.138. The minimum Gasteiger partial charge on any atom is -0.481 e. The zero-order valence-electron chi connectivity index (χ0n) is 61.7. The fourth-order valence-corrected chi connectivity index (χ4v) is 10.7. The standard InChI is InChI=1S/2C22H30Cl2N10.2C16H32O2/c2*23-15-5-9-17(10-6-15)31-21(27)33-19(25)29-13-3-1-2-4-14-30-20(26)34-22(28)32-18-11-7-16(24)8-12-18;2*1-2-3-4-5-6-7-8-9-10-11-12-13-14-15-16(17)18/h2*5-12H,1-4,13-14H2,(H5,25,27,29,31,33)(H5,26,28,30,32,34);2*2-15H2,1H3,(H,17,18). The molecule has 0 bridgehead atoms. The van der Waals surface area contributed by atoms with Gasteiger partial charge in [-0.2, -0.15) is 0 Å². The SMILES string of the molecule is CCCCCCCCCCCCCCCC(=O)O.CCCCCCCCCCCCCCCC(=O)O.N=C(NCCCCCCNC(=N)NC(=N)Nc1ccc(Cl)cc1)NC(=N)Nc1ccc(Cl)cc1.N=C(NCCCCCCNC(=N)NC(=N)Nc1ccc(Cl)cc1)NC(=N)Nc1ccc(Cl)cc1. The van der Waals surface area contributed by atoms with Crippen LogP contribution in [0.3, 0.4) is 0 Å². The first kappa shape index (κ1) is 94.0. The van der Waals surface area contributed by atoms with Crippen molar-refractivity contribution < 1.29 is 19.8 Å². The second-order valence-electron chi connectivity index (χ2n) is 25.3. The van der Waals surface area contributed by atoms with Crippen molar-refractivity contribution in [3.8, 4) is 0 Å². The highest BCUT2D eigenvalue weighted by Gasteiger charge is 2.08. The van der Waals surface area contributed by atoms with Crippen LogP contribution in [0.5, 0.6) is 0 Å². The number of carbonyl (C=O) groups is 2. The smallest absolute Gasteiger partial charge is 0.303 e. The highest BCUT2D eigenvalue weighted by atomic mass is 35.5. The molecule has 0 saturated heterocycles. The lowest BCUT2D eigenvalue weighted by atomic mass is 10.0. The molecule has 0 amide bonds. The predicted octanol–water partition coefficient (Wildman–Crippen LogP) is 19.5. The molecule has 0 aliphatic carbocycles. The van der Waals surface area contributed by atoms with E-state index in [2.05, 4.69) is 77.6 Å². The third-order valence-corrected chi connectivity index (χ3v) is 16.9. The number of anilines is 4. The lowest BCUT2D eigenvalue weighted by Gasteiger charge is -2.13. The van der Waals surface area contributed by atoms with Gasteiger partial charge in [-0.25, -0.2) is 0 Å². The fourth-order valence-electron chi connectivity index (χ4n) is 10.2. The largest absolute Gasteiger partial charge is 0.481 e. The monoisotopic (exact) mass is 1520 g/mol. The number of halogens is 4. The van der Waals surface area contributed by atoms with E-state index in [1.165, 1.54) is 141 Å². The molecule has 104 heavy (non-hydrogen) atoms. The average molecular weight is 1520 g/mol. The molecular weight excluding hydrogens is 1400 g/mol. The van der Waals surface area contributed by atoms with E-state index in [1.807, 2.05) is 0 Å². The molecule has 0 unspecified atom stereocenters. The highest BCUT2D eigenvalue weighted by Crippen LogP contribution is 2.18. The van der Waals surface area contributed by atoms with E-state index in [-0.39, 0.29) is 47.7 Å². The molecule has 0 aromatic heterocycles. The van der Waals surface area contributed by atoms with Crippen molar-refractivity contribution in [3.05, 3.63) is 117 Å². The van der Waals surface area contributed by atoms with Gasteiger partial charge in [0.2, 0.25) is 0 Å². The van der Waals surface area contributed by atoms with E-state index in [4.69, 9.17) is 99.9 Å². The van der Waals surface area contributed by atoms with Gasteiger partial charge in [-0.1, -0.05) is 240 Å². The molecule has 0 fully saturated rings. The number of carboxylic acids is 2. The third-order valence-electron chi connectivity index (χ3n) is 15.9. The molecule has 28 heteroatoms. The van der Waals surface area contributed by atoms with Gasteiger partial charge >= 0.3 is 11.9 Å². The Morgan fingerprint density at radius 2 is 0.423 bits per heavy atom. The first-order valence-electron chi connectivity index (χ1n) is 37.4. The van der Waals surface area contributed by atoms with Crippen LogP contribution in [0.15, 0.2) is 97.1 Å². The quantitative estimate of drug-likeness (QED) is 0.0111. The van der Waals surface area contributed by atoms with Crippen molar-refractivity contribution in [2.45, 2.75) is 245 Å². The summed E-state index contributed by atoms with van der Waals surface area (Å²) < 4.78 is 0. The fraction of sp³-hybridized carbons (Fsp3) is 0.553. The van der Waals surface area contributed by atoms with Crippen molar-refractivity contribution in [1.29, 1.82) is 43.3 Å². The Labute approximate surface area is 640 Å². The van der Waals surface area contributed by atoms with Crippen molar-refractivity contribution in [2.75, 3.05) is 47.4 Å². The van der Waals surface area contributed by atoms with E-state index in [9.17, 15) is 9.59 Å². The summed E-state index contributed by atoms with van der Waals surface area (Å²) in [6.07, 6.45) is 41.9. The van der Waals surface area contributed by atoms with Gasteiger partial charge in [0, 0.05) is 81.9 Å². The summed E-state index contributed by atoms with van der Waals surface area (Å²) in [4.78, 5) is 20.6. The van der Waals surface area contributed by atoms with Crippen molar-refractivity contribution in [1.82, 2.24) is 42.5 Å². The van der Waals surface area contributed by atoms with E-state index >= 15 is 0 Å². The second-order valence-corrected chi connectivity index (χ2v) is 27.1. The molecule has 4 aromatic rings. The van der Waals surface area contributed by atoms with Gasteiger partial charge in [-0.05, 0) is 136 Å². The molecule has 0 heterocycles. The van der Waals surface area contributed by atoms with Crippen molar-refractivity contribution in [3.63, 3.8) is 0 Å². The number of unbranched alkanes of at least 4 members (excludes halogenated alkanes) is 30. The number of hydrogen-bond acceptors (Lipinski definition) is 10. The van der Waals surface area contributed by atoms with Crippen LogP contribution < -0.4 is 63.8 Å². The molecule has 0 spiro atoms. The maximum atomic E-state index is 10.3. The van der Waals surface area contributed by atoms with Gasteiger partial charge in [-0.3, -0.25) is 74.1 Å². The predicted molar refractivity (Wildman–Crippen MR) is 439 cm³/mol. The van der Waals surface area contributed by atoms with Gasteiger partial charge in [0.25, 0.3) is 0 Å². The first-order valence-corrected chi connectivity index (χ1v) is 38.9. The van der Waals surface area contributed by atoms with Crippen LogP contribution in [0.1, 0.15) is 245 Å². The van der Waals surface area contributed by atoms with E-state index in [1.54, 1.807) is 97.1 Å². The summed E-state index contributed by atoms with van der Waals surface area (Å²) in [6, 6.07) is 27.8.